The molecule has 0 aliphatic carbocycles. The Morgan fingerprint density at radius 1 is 0.864 bits per heavy atom. The van der Waals surface area contributed by atoms with Gasteiger partial charge in [0, 0.05) is 18.6 Å². The van der Waals surface area contributed by atoms with Crippen molar-refractivity contribution in [2.75, 3.05) is 0 Å². The fourth-order valence-corrected chi connectivity index (χ4v) is 1.77. The van der Waals surface area contributed by atoms with E-state index in [9.17, 15) is 0 Å². The lowest BCUT2D eigenvalue weighted by Crippen LogP contribution is -2.26. The maximum absolute atomic E-state index is 5.99. The molecule has 0 bridgehead atoms. The number of hydrogen-bond acceptors (Lipinski definition) is 5. The summed E-state index contributed by atoms with van der Waals surface area (Å²) in [7, 11) is 0. The largest absolute Gasteiger partial charge is 0.471 e. The van der Waals surface area contributed by atoms with Crippen LogP contribution in [0.4, 0.5) is 0 Å². The van der Waals surface area contributed by atoms with Gasteiger partial charge in [-0.2, -0.15) is 4.98 Å². The van der Waals surface area contributed by atoms with Crippen LogP contribution in [0.2, 0.25) is 0 Å². The van der Waals surface area contributed by atoms with Crippen LogP contribution in [0.1, 0.15) is 41.5 Å². The quantitative estimate of drug-likeness (QED) is 0.860. The van der Waals surface area contributed by atoms with E-state index in [-0.39, 0.29) is 11.2 Å². The second kappa shape index (κ2) is 5.91. The van der Waals surface area contributed by atoms with E-state index in [1.807, 2.05) is 53.7 Å². The van der Waals surface area contributed by atoms with E-state index < -0.39 is 0 Å². The minimum absolute atomic E-state index is 0.310. The zero-order valence-corrected chi connectivity index (χ0v) is 14.0. The Labute approximate surface area is 131 Å². The van der Waals surface area contributed by atoms with E-state index in [0.717, 1.165) is 11.1 Å². The van der Waals surface area contributed by atoms with Crippen molar-refractivity contribution in [2.45, 2.75) is 52.7 Å². The van der Waals surface area contributed by atoms with Gasteiger partial charge < -0.3 is 9.47 Å². The zero-order valence-electron chi connectivity index (χ0n) is 14.0. The van der Waals surface area contributed by atoms with Crippen molar-refractivity contribution in [2.24, 2.45) is 0 Å². The molecule has 0 atom stereocenters. The van der Waals surface area contributed by atoms with Gasteiger partial charge in [-0.25, -0.2) is 4.98 Å². The topological polar surface area (TPSA) is 57.1 Å². The standard InChI is InChI=1S/C17H23N3O2/c1-16(2,3)21-14-13(12-7-9-18-10-8-12)11-19-15(20-14)22-17(4,5)6/h7-11H,1-6H3. The molecule has 2 aromatic heterocycles. The average molecular weight is 301 g/mol. The molecule has 0 saturated heterocycles. The number of hydrogen-bond donors (Lipinski definition) is 0. The normalized spacial score (nSPS) is 12.1. The van der Waals surface area contributed by atoms with Crippen LogP contribution in [0, 0.1) is 0 Å². The minimum atomic E-state index is -0.366. The second-order valence-corrected chi connectivity index (χ2v) is 7.04. The summed E-state index contributed by atoms with van der Waals surface area (Å²) in [6.45, 7) is 11.8. The highest BCUT2D eigenvalue weighted by Crippen LogP contribution is 2.31. The van der Waals surface area contributed by atoms with Gasteiger partial charge >= 0.3 is 6.01 Å². The SMILES string of the molecule is CC(C)(C)Oc1ncc(-c2ccncc2)c(OC(C)(C)C)n1. The molecule has 0 N–H and O–H groups in total. The number of pyridine rings is 1. The first-order chi connectivity index (χ1) is 10.1. The first-order valence-corrected chi connectivity index (χ1v) is 7.29. The molecular formula is C17H23N3O2. The van der Waals surface area contributed by atoms with E-state index in [4.69, 9.17) is 9.47 Å². The maximum Gasteiger partial charge on any atom is 0.320 e. The van der Waals surface area contributed by atoms with Crippen molar-refractivity contribution in [3.05, 3.63) is 30.7 Å². The molecule has 2 aromatic rings. The zero-order chi connectivity index (χ0) is 16.4. The van der Waals surface area contributed by atoms with E-state index in [2.05, 4.69) is 15.0 Å². The predicted octanol–water partition coefficient (Wildman–Crippen LogP) is 3.89. The third kappa shape index (κ3) is 4.69. The fourth-order valence-electron chi connectivity index (χ4n) is 1.77. The van der Waals surface area contributed by atoms with E-state index in [0.29, 0.717) is 11.9 Å². The summed E-state index contributed by atoms with van der Waals surface area (Å²) in [6, 6.07) is 4.11. The first kappa shape index (κ1) is 16.2. The van der Waals surface area contributed by atoms with Gasteiger partial charge in [0.15, 0.2) is 0 Å². The van der Waals surface area contributed by atoms with Crippen LogP contribution in [-0.4, -0.2) is 26.2 Å². The number of ether oxygens (including phenoxy) is 2. The minimum Gasteiger partial charge on any atom is -0.471 e. The number of aromatic nitrogens is 3. The van der Waals surface area contributed by atoms with Crippen LogP contribution in [0.25, 0.3) is 11.1 Å². The van der Waals surface area contributed by atoms with Crippen LogP contribution < -0.4 is 9.47 Å². The molecule has 2 heterocycles. The average Bonchev–Trinajstić information content (AvgIpc) is 2.36. The highest BCUT2D eigenvalue weighted by Gasteiger charge is 2.20. The molecule has 5 heteroatoms. The first-order valence-electron chi connectivity index (χ1n) is 7.29. The van der Waals surface area contributed by atoms with Gasteiger partial charge in [0.05, 0.1) is 5.56 Å². The highest BCUT2D eigenvalue weighted by molar-refractivity contribution is 5.67. The lowest BCUT2D eigenvalue weighted by molar-refractivity contribution is 0.103. The molecule has 0 saturated carbocycles. The van der Waals surface area contributed by atoms with Crippen molar-refractivity contribution in [3.8, 4) is 23.0 Å². The third-order valence-corrected chi connectivity index (χ3v) is 2.52. The van der Waals surface area contributed by atoms with Crippen molar-refractivity contribution >= 4 is 0 Å². The number of nitrogens with zero attached hydrogens (tertiary/aromatic N) is 3. The molecule has 0 unspecified atom stereocenters. The highest BCUT2D eigenvalue weighted by atomic mass is 16.5. The Kier molecular flexibility index (Phi) is 4.35. The summed E-state index contributed by atoms with van der Waals surface area (Å²) in [5.41, 5.74) is 1.04. The van der Waals surface area contributed by atoms with E-state index in [1.54, 1.807) is 18.6 Å². The fraction of sp³-hybridized carbons (Fsp3) is 0.471. The monoisotopic (exact) mass is 301 g/mol. The molecule has 0 radical (unpaired) electrons. The van der Waals surface area contributed by atoms with Crippen molar-refractivity contribution in [1.29, 1.82) is 0 Å². The third-order valence-electron chi connectivity index (χ3n) is 2.52. The van der Waals surface area contributed by atoms with Gasteiger partial charge in [-0.3, -0.25) is 4.98 Å². The Balaban J connectivity index is 2.45. The lowest BCUT2D eigenvalue weighted by Gasteiger charge is -2.24. The molecule has 2 rings (SSSR count). The van der Waals surface area contributed by atoms with Gasteiger partial charge in [-0.05, 0) is 59.2 Å². The molecular weight excluding hydrogens is 278 g/mol. The van der Waals surface area contributed by atoms with Gasteiger partial charge in [0.1, 0.15) is 11.2 Å². The second-order valence-electron chi connectivity index (χ2n) is 7.04. The lowest BCUT2D eigenvalue weighted by atomic mass is 10.1. The van der Waals surface area contributed by atoms with Gasteiger partial charge in [-0.15, -0.1) is 0 Å². The van der Waals surface area contributed by atoms with Crippen LogP contribution in [-0.2, 0) is 0 Å². The van der Waals surface area contributed by atoms with Gasteiger partial charge in [0.2, 0.25) is 5.88 Å². The molecule has 0 fully saturated rings. The summed E-state index contributed by atoms with van der Waals surface area (Å²) in [6.07, 6.45) is 5.19. The molecule has 5 nitrogen and oxygen atoms in total. The summed E-state index contributed by atoms with van der Waals surface area (Å²) >= 11 is 0. The Morgan fingerprint density at radius 2 is 1.45 bits per heavy atom. The van der Waals surface area contributed by atoms with Crippen LogP contribution in [0.5, 0.6) is 11.9 Å². The Hall–Kier alpha value is -2.17. The van der Waals surface area contributed by atoms with Gasteiger partial charge in [-0.1, -0.05) is 0 Å². The molecule has 0 aliphatic rings. The smallest absolute Gasteiger partial charge is 0.320 e. The van der Waals surface area contributed by atoms with Crippen molar-refractivity contribution in [1.82, 2.24) is 15.0 Å². The number of rotatable bonds is 3. The summed E-state index contributed by atoms with van der Waals surface area (Å²) < 4.78 is 11.7. The Bertz CT molecular complexity index is 629. The Morgan fingerprint density at radius 3 is 2.00 bits per heavy atom. The van der Waals surface area contributed by atoms with E-state index >= 15 is 0 Å². The van der Waals surface area contributed by atoms with E-state index in [1.165, 1.54) is 0 Å². The molecule has 0 amide bonds. The summed E-state index contributed by atoms with van der Waals surface area (Å²) in [4.78, 5) is 12.8. The van der Waals surface area contributed by atoms with Crippen molar-refractivity contribution in [3.63, 3.8) is 0 Å². The summed E-state index contributed by atoms with van der Waals surface area (Å²) in [5, 5.41) is 0. The molecule has 0 aliphatic heterocycles. The molecule has 0 aromatic carbocycles. The molecule has 22 heavy (non-hydrogen) atoms. The van der Waals surface area contributed by atoms with Crippen LogP contribution in [0.3, 0.4) is 0 Å². The predicted molar refractivity (Wildman–Crippen MR) is 86.0 cm³/mol. The van der Waals surface area contributed by atoms with Crippen molar-refractivity contribution < 1.29 is 9.47 Å². The molecule has 0 spiro atoms. The van der Waals surface area contributed by atoms with Gasteiger partial charge in [0.25, 0.3) is 0 Å². The molecule has 118 valence electrons. The van der Waals surface area contributed by atoms with Crippen LogP contribution >= 0.6 is 0 Å². The maximum atomic E-state index is 5.99. The summed E-state index contributed by atoms with van der Waals surface area (Å²) in [5.74, 6) is 0.507. The van der Waals surface area contributed by atoms with Crippen LogP contribution in [0.15, 0.2) is 30.7 Å².